The lowest BCUT2D eigenvalue weighted by Gasteiger charge is -2.18. The van der Waals surface area contributed by atoms with E-state index in [-0.39, 0.29) is 11.9 Å². The largest absolute Gasteiger partial charge is 0.368 e. The van der Waals surface area contributed by atoms with Crippen molar-refractivity contribution >= 4 is 40.1 Å². The molecule has 3 N–H and O–H groups in total. The number of thioether (sulfide) groups is 1. The van der Waals surface area contributed by atoms with Crippen molar-refractivity contribution in [3.05, 3.63) is 40.9 Å². The second-order valence-electron chi connectivity index (χ2n) is 7.68. The molecule has 0 radical (unpaired) electrons. The van der Waals surface area contributed by atoms with Crippen LogP contribution in [0.2, 0.25) is 0 Å². The number of hydrogen-bond acceptors (Lipinski definition) is 8. The first-order valence-electron chi connectivity index (χ1n) is 10.7. The highest BCUT2D eigenvalue weighted by atomic mass is 32.2. The predicted molar refractivity (Wildman–Crippen MR) is 124 cm³/mol. The van der Waals surface area contributed by atoms with Crippen molar-refractivity contribution in [1.82, 2.24) is 25.0 Å². The summed E-state index contributed by atoms with van der Waals surface area (Å²) in [5.74, 6) is 1.24. The molecule has 164 valence electrons. The van der Waals surface area contributed by atoms with E-state index in [4.69, 9.17) is 5.73 Å². The molecule has 1 aromatic carbocycles. The smallest absolute Gasteiger partial charge is 0.249 e. The molecule has 0 spiro atoms. The number of aromatic nitrogens is 5. The zero-order chi connectivity index (χ0) is 21.6. The molecule has 10 heteroatoms. The van der Waals surface area contributed by atoms with E-state index in [2.05, 4.69) is 37.8 Å². The summed E-state index contributed by atoms with van der Waals surface area (Å²) >= 11 is 2.99. The zero-order valence-corrected chi connectivity index (χ0v) is 19.2. The summed E-state index contributed by atoms with van der Waals surface area (Å²) in [4.78, 5) is 13.1. The number of rotatable bonds is 8. The van der Waals surface area contributed by atoms with Crippen molar-refractivity contribution in [3.63, 3.8) is 0 Å². The van der Waals surface area contributed by atoms with Crippen LogP contribution in [-0.2, 0) is 10.5 Å². The molecule has 2 aromatic heterocycles. The van der Waals surface area contributed by atoms with E-state index in [0.29, 0.717) is 22.6 Å². The third-order valence-electron chi connectivity index (χ3n) is 5.53. The van der Waals surface area contributed by atoms with Gasteiger partial charge in [-0.3, -0.25) is 14.7 Å². The Morgan fingerprint density at radius 3 is 2.71 bits per heavy atom. The van der Waals surface area contributed by atoms with Gasteiger partial charge >= 0.3 is 0 Å². The summed E-state index contributed by atoms with van der Waals surface area (Å²) < 4.78 is 1.71. The van der Waals surface area contributed by atoms with Gasteiger partial charge in [-0.25, -0.2) is 0 Å². The Labute approximate surface area is 190 Å². The lowest BCUT2D eigenvalue weighted by atomic mass is 9.90. The van der Waals surface area contributed by atoms with Gasteiger partial charge in [0.2, 0.25) is 17.0 Å². The third kappa shape index (κ3) is 5.24. The Morgan fingerprint density at radius 1 is 1.19 bits per heavy atom. The van der Waals surface area contributed by atoms with Crippen LogP contribution in [0.25, 0.3) is 0 Å². The maximum Gasteiger partial charge on any atom is 0.249 e. The number of nitrogens with two attached hydrogens (primary N) is 1. The first-order valence-corrected chi connectivity index (χ1v) is 12.5. The van der Waals surface area contributed by atoms with Crippen molar-refractivity contribution in [2.45, 2.75) is 68.3 Å². The van der Waals surface area contributed by atoms with E-state index in [0.717, 1.165) is 23.6 Å². The number of nitrogens with one attached hydrogen (secondary N) is 1. The zero-order valence-electron chi connectivity index (χ0n) is 17.5. The lowest BCUT2D eigenvalue weighted by Crippen LogP contribution is -2.27. The van der Waals surface area contributed by atoms with Crippen molar-refractivity contribution in [1.29, 1.82) is 0 Å². The van der Waals surface area contributed by atoms with Crippen LogP contribution in [0.1, 0.15) is 68.0 Å². The Kier molecular flexibility index (Phi) is 7.18. The van der Waals surface area contributed by atoms with E-state index < -0.39 is 6.04 Å². The minimum atomic E-state index is -0.518. The average Bonchev–Trinajstić information content (AvgIpc) is 3.41. The summed E-state index contributed by atoms with van der Waals surface area (Å²) in [5.41, 5.74) is 7.26. The average molecular weight is 458 g/mol. The number of amides is 1. The predicted octanol–water partition coefficient (Wildman–Crippen LogP) is 4.64. The number of nitrogens with zero attached hydrogens (tertiary/aromatic N) is 5. The molecule has 0 bridgehead atoms. The fourth-order valence-corrected chi connectivity index (χ4v) is 5.74. The Hall–Kier alpha value is -2.46. The molecule has 4 rings (SSSR count). The van der Waals surface area contributed by atoms with Crippen LogP contribution in [-0.4, -0.2) is 30.9 Å². The maximum absolute atomic E-state index is 13.1. The summed E-state index contributed by atoms with van der Waals surface area (Å²) in [7, 11) is 0. The summed E-state index contributed by atoms with van der Waals surface area (Å²) in [6, 6.07) is 9.58. The van der Waals surface area contributed by atoms with E-state index in [1.165, 1.54) is 47.9 Å². The van der Waals surface area contributed by atoms with Gasteiger partial charge in [-0.05, 0) is 24.8 Å². The van der Waals surface area contributed by atoms with Gasteiger partial charge in [-0.15, -0.1) is 20.4 Å². The monoisotopic (exact) mass is 457 g/mol. The van der Waals surface area contributed by atoms with Crippen LogP contribution in [0.3, 0.4) is 0 Å². The number of anilines is 2. The van der Waals surface area contributed by atoms with Crippen LogP contribution < -0.4 is 11.1 Å². The first-order chi connectivity index (χ1) is 15.2. The van der Waals surface area contributed by atoms with Gasteiger partial charge in [0.15, 0.2) is 5.16 Å². The highest BCUT2D eigenvalue weighted by Crippen LogP contribution is 2.35. The Bertz CT molecular complexity index is 998. The normalized spacial score (nSPS) is 15.6. The van der Waals surface area contributed by atoms with Gasteiger partial charge in [0.05, 0.1) is 0 Å². The molecule has 1 saturated carbocycles. The van der Waals surface area contributed by atoms with Crippen LogP contribution in [0.4, 0.5) is 11.1 Å². The molecule has 31 heavy (non-hydrogen) atoms. The SMILES string of the molecule is CCC(C(=O)Nc1nnc(C2CCCCC2)s1)n1c(N)nnc1SCc1ccccc1. The van der Waals surface area contributed by atoms with E-state index in [9.17, 15) is 4.79 Å². The Balaban J connectivity index is 1.45. The summed E-state index contributed by atoms with van der Waals surface area (Å²) in [5, 5.41) is 21.9. The molecule has 1 amide bonds. The second-order valence-corrected chi connectivity index (χ2v) is 9.63. The standard InChI is InChI=1S/C21H27N7OS2/c1-2-16(17(29)23-20-26-24-18(31-20)15-11-7-4-8-12-15)28-19(22)25-27-21(28)30-13-14-9-5-3-6-10-14/h3,5-6,9-10,15-16H,2,4,7-8,11-13H2,1H3,(H2,22,25)(H,23,26,29). The number of carbonyl (C=O) groups excluding carboxylic acids is 1. The van der Waals surface area contributed by atoms with Crippen LogP contribution in [0.5, 0.6) is 0 Å². The molecule has 2 heterocycles. The van der Waals surface area contributed by atoms with Gasteiger partial charge in [0.1, 0.15) is 11.0 Å². The van der Waals surface area contributed by atoms with Crippen LogP contribution in [0, 0.1) is 0 Å². The van der Waals surface area contributed by atoms with E-state index >= 15 is 0 Å². The minimum Gasteiger partial charge on any atom is -0.368 e. The molecule has 0 saturated heterocycles. The van der Waals surface area contributed by atoms with Gasteiger partial charge < -0.3 is 5.73 Å². The molecule has 1 aliphatic rings. The highest BCUT2D eigenvalue weighted by molar-refractivity contribution is 7.98. The molecule has 1 unspecified atom stereocenters. The molecule has 1 aliphatic carbocycles. The van der Waals surface area contributed by atoms with Gasteiger partial charge in [0, 0.05) is 11.7 Å². The molecular weight excluding hydrogens is 430 g/mol. The van der Waals surface area contributed by atoms with Crippen molar-refractivity contribution in [3.8, 4) is 0 Å². The number of carbonyl (C=O) groups is 1. The Morgan fingerprint density at radius 2 is 1.97 bits per heavy atom. The van der Waals surface area contributed by atoms with E-state index in [1.54, 1.807) is 4.57 Å². The van der Waals surface area contributed by atoms with Crippen LogP contribution >= 0.6 is 23.1 Å². The molecular formula is C21H27N7OS2. The molecule has 3 aromatic rings. The topological polar surface area (TPSA) is 112 Å². The number of nitrogen functional groups attached to an aromatic ring is 1. The van der Waals surface area contributed by atoms with Crippen molar-refractivity contribution < 1.29 is 4.79 Å². The highest BCUT2D eigenvalue weighted by Gasteiger charge is 2.27. The lowest BCUT2D eigenvalue weighted by molar-refractivity contribution is -0.119. The second kappa shape index (κ2) is 10.2. The number of hydrogen-bond donors (Lipinski definition) is 2. The minimum absolute atomic E-state index is 0.179. The summed E-state index contributed by atoms with van der Waals surface area (Å²) in [6.45, 7) is 1.95. The molecule has 8 nitrogen and oxygen atoms in total. The fraction of sp³-hybridized carbons (Fsp3) is 0.476. The third-order valence-corrected chi connectivity index (χ3v) is 7.54. The van der Waals surface area contributed by atoms with Crippen LogP contribution in [0.15, 0.2) is 35.5 Å². The first kappa shape index (κ1) is 21.8. The van der Waals surface area contributed by atoms with Gasteiger partial charge in [0.25, 0.3) is 0 Å². The summed E-state index contributed by atoms with van der Waals surface area (Å²) in [6.07, 6.45) is 6.63. The van der Waals surface area contributed by atoms with Gasteiger partial charge in [-0.2, -0.15) is 0 Å². The molecule has 0 aliphatic heterocycles. The fourth-order valence-electron chi connectivity index (χ4n) is 3.88. The number of benzene rings is 1. The quantitative estimate of drug-likeness (QED) is 0.474. The molecule has 1 atom stereocenters. The molecule has 1 fully saturated rings. The van der Waals surface area contributed by atoms with Gasteiger partial charge in [-0.1, -0.05) is 79.6 Å². The van der Waals surface area contributed by atoms with Crippen molar-refractivity contribution in [2.24, 2.45) is 0 Å². The van der Waals surface area contributed by atoms with E-state index in [1.807, 2.05) is 25.1 Å². The maximum atomic E-state index is 13.1. The van der Waals surface area contributed by atoms with Crippen molar-refractivity contribution in [2.75, 3.05) is 11.1 Å².